The molecule has 1 aromatic carbocycles. The van der Waals surface area contributed by atoms with Gasteiger partial charge in [-0.3, -0.25) is 4.79 Å². The lowest BCUT2D eigenvalue weighted by Crippen LogP contribution is -2.34. The minimum Gasteiger partial charge on any atom is -0.497 e. The Morgan fingerprint density at radius 1 is 1.18 bits per heavy atom. The highest BCUT2D eigenvalue weighted by Crippen LogP contribution is 2.25. The van der Waals surface area contributed by atoms with Gasteiger partial charge in [0.25, 0.3) is 5.91 Å². The Hall–Kier alpha value is -2.49. The average Bonchev–Trinajstić information content (AvgIpc) is 3.01. The number of nitrogens with zero attached hydrogens (tertiary/aromatic N) is 1. The molecule has 1 aliphatic heterocycles. The standard InChI is InChI=1S/C18H19NO3/c1-13-3-8-17(22-13)18(20)19-11-9-15(10-12-19)14-4-6-16(21-2)7-5-14/h3-9H,10-12H2,1-2H3. The molecule has 2 aromatic rings. The van der Waals surface area contributed by atoms with Crippen LogP contribution in [0.4, 0.5) is 0 Å². The van der Waals surface area contributed by atoms with Crippen molar-refractivity contribution in [1.29, 1.82) is 0 Å². The average molecular weight is 297 g/mol. The molecule has 4 heteroatoms. The Morgan fingerprint density at radius 3 is 2.50 bits per heavy atom. The van der Waals surface area contributed by atoms with Crippen LogP contribution in [0.25, 0.3) is 5.57 Å². The highest BCUT2D eigenvalue weighted by Gasteiger charge is 2.21. The van der Waals surface area contributed by atoms with Gasteiger partial charge in [0, 0.05) is 13.1 Å². The molecule has 0 fully saturated rings. The van der Waals surface area contributed by atoms with E-state index in [-0.39, 0.29) is 5.91 Å². The van der Waals surface area contributed by atoms with Crippen LogP contribution in [-0.4, -0.2) is 31.0 Å². The third-order valence-corrected chi connectivity index (χ3v) is 3.91. The predicted octanol–water partition coefficient (Wildman–Crippen LogP) is 3.53. The first-order valence-corrected chi connectivity index (χ1v) is 7.36. The van der Waals surface area contributed by atoms with Crippen LogP contribution in [0.15, 0.2) is 46.9 Å². The van der Waals surface area contributed by atoms with E-state index in [4.69, 9.17) is 9.15 Å². The number of ether oxygens (including phenoxy) is 1. The fraction of sp³-hybridized carbons (Fsp3) is 0.278. The molecule has 3 rings (SSSR count). The van der Waals surface area contributed by atoms with E-state index < -0.39 is 0 Å². The number of carbonyl (C=O) groups excluding carboxylic acids is 1. The molecule has 1 aliphatic rings. The van der Waals surface area contributed by atoms with Gasteiger partial charge in [-0.05, 0) is 48.7 Å². The highest BCUT2D eigenvalue weighted by atomic mass is 16.5. The smallest absolute Gasteiger partial charge is 0.289 e. The van der Waals surface area contributed by atoms with Crippen LogP contribution in [0.5, 0.6) is 5.75 Å². The lowest BCUT2D eigenvalue weighted by molar-refractivity contribution is 0.0739. The Kier molecular flexibility index (Phi) is 4.00. The summed E-state index contributed by atoms with van der Waals surface area (Å²) in [4.78, 5) is 14.1. The zero-order valence-electron chi connectivity index (χ0n) is 12.8. The topological polar surface area (TPSA) is 42.7 Å². The Bertz CT molecular complexity index is 697. The van der Waals surface area contributed by atoms with Crippen molar-refractivity contribution in [3.8, 4) is 5.75 Å². The molecular weight excluding hydrogens is 278 g/mol. The first-order chi connectivity index (χ1) is 10.7. The third kappa shape index (κ3) is 2.91. The molecule has 0 aliphatic carbocycles. The summed E-state index contributed by atoms with van der Waals surface area (Å²) in [5, 5.41) is 0. The van der Waals surface area contributed by atoms with Crippen LogP contribution >= 0.6 is 0 Å². The molecule has 0 atom stereocenters. The second-order valence-corrected chi connectivity index (χ2v) is 5.37. The van der Waals surface area contributed by atoms with E-state index in [0.717, 1.165) is 17.9 Å². The van der Waals surface area contributed by atoms with Crippen molar-refractivity contribution >= 4 is 11.5 Å². The summed E-state index contributed by atoms with van der Waals surface area (Å²) in [6.45, 7) is 3.16. The van der Waals surface area contributed by atoms with Gasteiger partial charge in [-0.25, -0.2) is 0 Å². The summed E-state index contributed by atoms with van der Waals surface area (Å²) in [7, 11) is 1.66. The summed E-state index contributed by atoms with van der Waals surface area (Å²) in [5.41, 5.74) is 2.45. The fourth-order valence-corrected chi connectivity index (χ4v) is 2.63. The second-order valence-electron chi connectivity index (χ2n) is 5.37. The number of rotatable bonds is 3. The highest BCUT2D eigenvalue weighted by molar-refractivity contribution is 5.92. The van der Waals surface area contributed by atoms with Gasteiger partial charge in [-0.1, -0.05) is 18.2 Å². The maximum Gasteiger partial charge on any atom is 0.289 e. The van der Waals surface area contributed by atoms with Crippen molar-refractivity contribution in [2.45, 2.75) is 13.3 Å². The number of furan rings is 1. The zero-order chi connectivity index (χ0) is 15.5. The van der Waals surface area contributed by atoms with Gasteiger partial charge in [0.15, 0.2) is 5.76 Å². The summed E-state index contributed by atoms with van der Waals surface area (Å²) in [6.07, 6.45) is 2.96. The van der Waals surface area contributed by atoms with E-state index in [1.54, 1.807) is 13.2 Å². The lowest BCUT2D eigenvalue weighted by atomic mass is 9.99. The molecule has 1 aromatic heterocycles. The van der Waals surface area contributed by atoms with Gasteiger partial charge in [-0.15, -0.1) is 0 Å². The first-order valence-electron chi connectivity index (χ1n) is 7.36. The predicted molar refractivity (Wildman–Crippen MR) is 84.9 cm³/mol. The second kappa shape index (κ2) is 6.10. The fourth-order valence-electron chi connectivity index (χ4n) is 2.63. The molecule has 1 amide bonds. The molecule has 114 valence electrons. The van der Waals surface area contributed by atoms with E-state index in [2.05, 4.69) is 18.2 Å². The Balaban J connectivity index is 1.69. The van der Waals surface area contributed by atoms with Gasteiger partial charge in [0.05, 0.1) is 7.11 Å². The van der Waals surface area contributed by atoms with E-state index in [1.165, 1.54) is 11.1 Å². The van der Waals surface area contributed by atoms with E-state index in [0.29, 0.717) is 18.8 Å². The van der Waals surface area contributed by atoms with Crippen molar-refractivity contribution in [1.82, 2.24) is 4.90 Å². The first kappa shape index (κ1) is 14.4. The summed E-state index contributed by atoms with van der Waals surface area (Å²) < 4.78 is 10.6. The molecule has 0 saturated carbocycles. The zero-order valence-corrected chi connectivity index (χ0v) is 12.8. The Labute approximate surface area is 130 Å². The molecule has 0 saturated heterocycles. The van der Waals surface area contributed by atoms with E-state index in [9.17, 15) is 4.79 Å². The number of hydrogen-bond acceptors (Lipinski definition) is 3. The van der Waals surface area contributed by atoms with Crippen LogP contribution in [0, 0.1) is 6.92 Å². The molecule has 0 radical (unpaired) electrons. The molecule has 0 bridgehead atoms. The van der Waals surface area contributed by atoms with Crippen LogP contribution in [0.2, 0.25) is 0 Å². The van der Waals surface area contributed by atoms with E-state index in [1.807, 2.05) is 30.0 Å². The van der Waals surface area contributed by atoms with Crippen LogP contribution in [0.1, 0.15) is 28.3 Å². The quantitative estimate of drug-likeness (QED) is 0.870. The van der Waals surface area contributed by atoms with Gasteiger partial charge < -0.3 is 14.1 Å². The van der Waals surface area contributed by atoms with Crippen molar-refractivity contribution in [3.63, 3.8) is 0 Å². The SMILES string of the molecule is COc1ccc(C2=CCN(C(=O)c3ccc(C)o3)CC2)cc1. The minimum atomic E-state index is -0.0434. The van der Waals surface area contributed by atoms with Crippen LogP contribution in [-0.2, 0) is 0 Å². The maximum atomic E-state index is 12.3. The molecule has 2 heterocycles. The number of amides is 1. The van der Waals surface area contributed by atoms with Crippen molar-refractivity contribution in [2.75, 3.05) is 20.2 Å². The number of carbonyl (C=O) groups is 1. The number of hydrogen-bond donors (Lipinski definition) is 0. The monoisotopic (exact) mass is 297 g/mol. The van der Waals surface area contributed by atoms with Gasteiger partial charge in [-0.2, -0.15) is 0 Å². The van der Waals surface area contributed by atoms with Crippen LogP contribution < -0.4 is 4.74 Å². The lowest BCUT2D eigenvalue weighted by Gasteiger charge is -2.26. The summed E-state index contributed by atoms with van der Waals surface area (Å²) in [5.74, 6) is 1.98. The summed E-state index contributed by atoms with van der Waals surface area (Å²) in [6, 6.07) is 11.6. The third-order valence-electron chi connectivity index (χ3n) is 3.91. The van der Waals surface area contributed by atoms with Crippen molar-refractivity contribution in [3.05, 3.63) is 59.6 Å². The normalized spacial score (nSPS) is 14.6. The molecule has 0 N–H and O–H groups in total. The van der Waals surface area contributed by atoms with Gasteiger partial charge in [0.1, 0.15) is 11.5 Å². The van der Waals surface area contributed by atoms with Crippen molar-refractivity contribution < 1.29 is 13.9 Å². The Morgan fingerprint density at radius 2 is 1.95 bits per heavy atom. The van der Waals surface area contributed by atoms with Gasteiger partial charge in [0.2, 0.25) is 0 Å². The molecule has 22 heavy (non-hydrogen) atoms. The van der Waals surface area contributed by atoms with E-state index >= 15 is 0 Å². The molecule has 0 unspecified atom stereocenters. The maximum absolute atomic E-state index is 12.3. The van der Waals surface area contributed by atoms with Crippen molar-refractivity contribution in [2.24, 2.45) is 0 Å². The molecular formula is C18H19NO3. The molecule has 4 nitrogen and oxygen atoms in total. The number of benzene rings is 1. The summed E-state index contributed by atoms with van der Waals surface area (Å²) >= 11 is 0. The number of aryl methyl sites for hydroxylation is 1. The van der Waals surface area contributed by atoms with Crippen LogP contribution in [0.3, 0.4) is 0 Å². The minimum absolute atomic E-state index is 0.0434. The molecule has 0 spiro atoms. The largest absolute Gasteiger partial charge is 0.497 e. The number of methoxy groups -OCH3 is 1. The van der Waals surface area contributed by atoms with Gasteiger partial charge >= 0.3 is 0 Å².